The molecule has 0 aromatic heterocycles. The Morgan fingerprint density at radius 1 is 1.19 bits per heavy atom. The van der Waals surface area contributed by atoms with Gasteiger partial charge < -0.3 is 5.32 Å². The summed E-state index contributed by atoms with van der Waals surface area (Å²) in [6, 6.07) is 10.00. The van der Waals surface area contributed by atoms with Crippen LogP contribution in [0, 0.1) is 5.92 Å². The monoisotopic (exact) mass is 217 g/mol. The summed E-state index contributed by atoms with van der Waals surface area (Å²) in [5.41, 5.74) is 1.04. The van der Waals surface area contributed by atoms with E-state index >= 15 is 0 Å². The number of hydrogen-bond acceptors (Lipinski definition) is 1. The highest BCUT2D eigenvalue weighted by Crippen LogP contribution is 2.02. The second-order valence-corrected chi connectivity index (χ2v) is 4.29. The number of rotatable bonds is 4. The number of benzene rings is 1. The van der Waals surface area contributed by atoms with Gasteiger partial charge in [0, 0.05) is 12.1 Å². The van der Waals surface area contributed by atoms with Gasteiger partial charge in [0.15, 0.2) is 0 Å². The van der Waals surface area contributed by atoms with Crippen molar-refractivity contribution in [1.82, 2.24) is 5.32 Å². The molecule has 16 heavy (non-hydrogen) atoms. The zero-order valence-corrected chi connectivity index (χ0v) is 10.1. The Hall–Kier alpha value is -1.57. The molecule has 1 rings (SSSR count). The van der Waals surface area contributed by atoms with E-state index in [1.807, 2.05) is 43.3 Å². The van der Waals surface area contributed by atoms with Crippen molar-refractivity contribution >= 4 is 12.0 Å². The minimum absolute atomic E-state index is 0.0370. The van der Waals surface area contributed by atoms with Gasteiger partial charge in [-0.25, -0.2) is 0 Å². The fraction of sp³-hybridized carbons (Fsp3) is 0.357. The lowest BCUT2D eigenvalue weighted by Crippen LogP contribution is -2.34. The third kappa shape index (κ3) is 4.30. The average molecular weight is 217 g/mol. The first-order valence-corrected chi connectivity index (χ1v) is 5.63. The van der Waals surface area contributed by atoms with E-state index in [1.54, 1.807) is 6.08 Å². The highest BCUT2D eigenvalue weighted by atomic mass is 16.1. The van der Waals surface area contributed by atoms with Crippen molar-refractivity contribution in [3.63, 3.8) is 0 Å². The molecule has 0 bridgehead atoms. The van der Waals surface area contributed by atoms with Gasteiger partial charge in [0.25, 0.3) is 0 Å². The largest absolute Gasteiger partial charge is 0.350 e. The van der Waals surface area contributed by atoms with Crippen LogP contribution in [0.25, 0.3) is 6.08 Å². The zero-order valence-electron chi connectivity index (χ0n) is 10.1. The summed E-state index contributed by atoms with van der Waals surface area (Å²) in [6.07, 6.45) is 3.40. The Morgan fingerprint density at radius 3 is 2.38 bits per heavy atom. The van der Waals surface area contributed by atoms with Crippen LogP contribution in [0.3, 0.4) is 0 Å². The van der Waals surface area contributed by atoms with Crippen molar-refractivity contribution in [1.29, 1.82) is 0 Å². The van der Waals surface area contributed by atoms with Crippen LogP contribution in [0.15, 0.2) is 36.4 Å². The highest BCUT2D eigenvalue weighted by Gasteiger charge is 2.07. The molecule has 0 radical (unpaired) electrons. The van der Waals surface area contributed by atoms with Crippen molar-refractivity contribution < 1.29 is 4.79 Å². The van der Waals surface area contributed by atoms with Gasteiger partial charge in [-0.3, -0.25) is 4.79 Å². The van der Waals surface area contributed by atoms with E-state index in [4.69, 9.17) is 0 Å². The van der Waals surface area contributed by atoms with Gasteiger partial charge >= 0.3 is 0 Å². The van der Waals surface area contributed by atoms with Crippen molar-refractivity contribution in [2.45, 2.75) is 26.8 Å². The number of hydrogen-bond donors (Lipinski definition) is 1. The standard InChI is InChI=1S/C14H19NO/c1-11(2)12(3)15-14(16)10-9-13-7-5-4-6-8-13/h4-12H,1-3H3,(H,15,16)/b10-9+/t12-/m1/s1. The first kappa shape index (κ1) is 12.5. The fourth-order valence-electron chi connectivity index (χ4n) is 1.18. The number of amides is 1. The van der Waals surface area contributed by atoms with Crippen LogP contribution in [0.4, 0.5) is 0 Å². The van der Waals surface area contributed by atoms with Crippen LogP contribution in [0.5, 0.6) is 0 Å². The van der Waals surface area contributed by atoms with E-state index in [2.05, 4.69) is 19.2 Å². The molecule has 2 nitrogen and oxygen atoms in total. The van der Waals surface area contributed by atoms with E-state index < -0.39 is 0 Å². The molecule has 0 aliphatic heterocycles. The molecule has 0 aliphatic carbocycles. The van der Waals surface area contributed by atoms with Crippen LogP contribution in [-0.4, -0.2) is 11.9 Å². The minimum Gasteiger partial charge on any atom is -0.350 e. The Kier molecular flexibility index (Phi) is 4.77. The summed E-state index contributed by atoms with van der Waals surface area (Å²) in [5.74, 6) is 0.416. The van der Waals surface area contributed by atoms with Crippen LogP contribution in [-0.2, 0) is 4.79 Å². The van der Waals surface area contributed by atoms with Gasteiger partial charge in [0.2, 0.25) is 5.91 Å². The third-order valence-corrected chi connectivity index (χ3v) is 2.60. The lowest BCUT2D eigenvalue weighted by atomic mass is 10.1. The van der Waals surface area contributed by atoms with Crippen LogP contribution in [0.2, 0.25) is 0 Å². The molecule has 1 atom stereocenters. The first-order valence-electron chi connectivity index (χ1n) is 5.63. The summed E-state index contributed by atoms with van der Waals surface area (Å²) in [5, 5.41) is 2.92. The lowest BCUT2D eigenvalue weighted by Gasteiger charge is -2.15. The van der Waals surface area contributed by atoms with Crippen molar-refractivity contribution in [3.8, 4) is 0 Å². The quantitative estimate of drug-likeness (QED) is 0.772. The van der Waals surface area contributed by atoms with E-state index in [-0.39, 0.29) is 11.9 Å². The van der Waals surface area contributed by atoms with Gasteiger partial charge in [-0.2, -0.15) is 0 Å². The van der Waals surface area contributed by atoms with Crippen LogP contribution >= 0.6 is 0 Å². The molecule has 86 valence electrons. The normalized spacial score (nSPS) is 13.0. The second kappa shape index (κ2) is 6.11. The number of carbonyl (C=O) groups excluding carboxylic acids is 1. The number of carbonyl (C=O) groups is 1. The molecule has 0 saturated heterocycles. The van der Waals surface area contributed by atoms with Crippen LogP contribution in [0.1, 0.15) is 26.3 Å². The maximum atomic E-state index is 11.5. The zero-order chi connectivity index (χ0) is 12.0. The molecule has 0 aliphatic rings. The molecule has 0 fully saturated rings. The molecule has 0 spiro atoms. The molecular weight excluding hydrogens is 198 g/mol. The Labute approximate surface area is 97.4 Å². The molecule has 1 aromatic carbocycles. The summed E-state index contributed by atoms with van der Waals surface area (Å²) >= 11 is 0. The summed E-state index contributed by atoms with van der Waals surface area (Å²) in [6.45, 7) is 6.19. The minimum atomic E-state index is -0.0370. The topological polar surface area (TPSA) is 29.1 Å². The molecule has 1 N–H and O–H groups in total. The Bertz CT molecular complexity index is 354. The predicted octanol–water partition coefficient (Wildman–Crippen LogP) is 2.86. The first-order chi connectivity index (χ1) is 7.59. The van der Waals surface area contributed by atoms with E-state index in [0.29, 0.717) is 5.92 Å². The predicted molar refractivity (Wildman–Crippen MR) is 67.9 cm³/mol. The van der Waals surface area contributed by atoms with Gasteiger partial charge in [0.05, 0.1) is 0 Å². The molecule has 0 saturated carbocycles. The average Bonchev–Trinajstić information content (AvgIpc) is 2.27. The molecule has 1 aromatic rings. The Balaban J connectivity index is 2.49. The summed E-state index contributed by atoms with van der Waals surface area (Å²) < 4.78 is 0. The maximum absolute atomic E-state index is 11.5. The van der Waals surface area contributed by atoms with Crippen molar-refractivity contribution in [3.05, 3.63) is 42.0 Å². The molecule has 2 heteroatoms. The molecule has 0 unspecified atom stereocenters. The molecule has 1 amide bonds. The van der Waals surface area contributed by atoms with E-state index in [0.717, 1.165) is 5.56 Å². The third-order valence-electron chi connectivity index (χ3n) is 2.60. The van der Waals surface area contributed by atoms with Crippen molar-refractivity contribution in [2.75, 3.05) is 0 Å². The van der Waals surface area contributed by atoms with E-state index in [9.17, 15) is 4.79 Å². The van der Waals surface area contributed by atoms with Crippen LogP contribution < -0.4 is 5.32 Å². The van der Waals surface area contributed by atoms with Gasteiger partial charge in [-0.05, 0) is 24.5 Å². The van der Waals surface area contributed by atoms with Gasteiger partial charge in [-0.15, -0.1) is 0 Å². The maximum Gasteiger partial charge on any atom is 0.244 e. The van der Waals surface area contributed by atoms with Crippen molar-refractivity contribution in [2.24, 2.45) is 5.92 Å². The van der Waals surface area contributed by atoms with E-state index in [1.165, 1.54) is 0 Å². The smallest absolute Gasteiger partial charge is 0.244 e. The second-order valence-electron chi connectivity index (χ2n) is 4.29. The number of nitrogens with one attached hydrogen (secondary N) is 1. The van der Waals surface area contributed by atoms with Gasteiger partial charge in [0.1, 0.15) is 0 Å². The summed E-state index contributed by atoms with van der Waals surface area (Å²) in [4.78, 5) is 11.5. The lowest BCUT2D eigenvalue weighted by molar-refractivity contribution is -0.117. The fourth-order valence-corrected chi connectivity index (χ4v) is 1.18. The Morgan fingerprint density at radius 2 is 1.81 bits per heavy atom. The molecule has 0 heterocycles. The summed E-state index contributed by atoms with van der Waals surface area (Å²) in [7, 11) is 0. The van der Waals surface area contributed by atoms with Gasteiger partial charge in [-0.1, -0.05) is 44.2 Å². The SMILES string of the molecule is CC(C)[C@@H](C)NC(=O)/C=C/c1ccccc1. The highest BCUT2D eigenvalue weighted by molar-refractivity contribution is 5.91. The molecular formula is C14H19NO.